The van der Waals surface area contributed by atoms with Crippen molar-refractivity contribution in [3.05, 3.63) is 0 Å². The Kier molecular flexibility index (Phi) is 15.7. The molecule has 5 rings (SSSR count). The molecule has 8 heteroatoms. The first-order valence-corrected chi connectivity index (χ1v) is 25.5. The van der Waals surface area contributed by atoms with Crippen molar-refractivity contribution in [2.45, 2.75) is 257 Å². The van der Waals surface area contributed by atoms with E-state index in [4.69, 9.17) is 15.0 Å². The molecule has 0 spiro atoms. The van der Waals surface area contributed by atoms with Crippen molar-refractivity contribution in [1.29, 1.82) is 0 Å². The lowest BCUT2D eigenvalue weighted by molar-refractivity contribution is 0.0791. The normalized spacial score (nSPS) is 25.9. The summed E-state index contributed by atoms with van der Waals surface area (Å²) in [6.45, 7) is 44.3. The summed E-state index contributed by atoms with van der Waals surface area (Å²) in [7, 11) is 0. The van der Waals surface area contributed by atoms with E-state index in [9.17, 15) is 0 Å². The van der Waals surface area contributed by atoms with Crippen LogP contribution in [0.4, 0.5) is 17.8 Å². The van der Waals surface area contributed by atoms with Gasteiger partial charge in [-0.15, -0.1) is 0 Å². The fraction of sp³-hybridized carbons (Fsp3) is 0.943. The summed E-state index contributed by atoms with van der Waals surface area (Å²) in [6, 6.07) is 1.55. The van der Waals surface area contributed by atoms with Crippen molar-refractivity contribution in [2.75, 3.05) is 35.0 Å². The zero-order valence-corrected chi connectivity index (χ0v) is 43.4. The van der Waals surface area contributed by atoms with Gasteiger partial charge in [-0.3, -0.25) is 10.6 Å². The fourth-order valence-corrected chi connectivity index (χ4v) is 15.0. The Morgan fingerprint density at radius 2 is 0.738 bits per heavy atom. The van der Waals surface area contributed by atoms with Gasteiger partial charge < -0.3 is 15.1 Å². The molecule has 8 nitrogen and oxygen atoms in total. The van der Waals surface area contributed by atoms with E-state index in [1.165, 1.54) is 83.5 Å². The van der Waals surface area contributed by atoms with Crippen LogP contribution in [0.1, 0.15) is 233 Å². The predicted molar refractivity (Wildman–Crippen MR) is 263 cm³/mol. The van der Waals surface area contributed by atoms with Gasteiger partial charge in [-0.25, -0.2) is 0 Å². The third-order valence-corrected chi connectivity index (χ3v) is 15.1. The first-order chi connectivity index (χ1) is 28.0. The van der Waals surface area contributed by atoms with Crippen LogP contribution in [0, 0.1) is 43.3 Å². The average molecular weight is 849 g/mol. The van der Waals surface area contributed by atoms with Crippen LogP contribution in [-0.2, 0) is 0 Å². The molecule has 0 unspecified atom stereocenters. The van der Waals surface area contributed by atoms with Crippen LogP contribution < -0.4 is 25.8 Å². The summed E-state index contributed by atoms with van der Waals surface area (Å²) in [5, 5.41) is 12.1. The minimum atomic E-state index is 0.227. The molecular formula is C53H100N8. The minimum Gasteiger partial charge on any atom is -0.354 e. The molecule has 0 radical (unpaired) electrons. The second-order valence-electron chi connectivity index (χ2n) is 28.0. The third kappa shape index (κ3) is 15.5. The van der Waals surface area contributed by atoms with E-state index in [1.54, 1.807) is 0 Å². The van der Waals surface area contributed by atoms with Crippen LogP contribution in [0.3, 0.4) is 0 Å². The Bertz CT molecular complexity index is 1390. The zero-order chi connectivity index (χ0) is 45.3. The van der Waals surface area contributed by atoms with Gasteiger partial charge in [0.05, 0.1) is 13.3 Å². The van der Waals surface area contributed by atoms with Crippen molar-refractivity contribution >= 4 is 17.8 Å². The Hall–Kier alpha value is -1.67. The van der Waals surface area contributed by atoms with Crippen molar-refractivity contribution in [3.63, 3.8) is 0 Å². The number of nitrogens with one attached hydrogen (secondary N) is 3. The van der Waals surface area contributed by atoms with Crippen LogP contribution in [0.5, 0.6) is 0 Å². The first-order valence-electron chi connectivity index (χ1n) is 25.5. The highest BCUT2D eigenvalue weighted by atomic mass is 15.4. The molecule has 0 aromatic carbocycles. The van der Waals surface area contributed by atoms with E-state index in [1.807, 2.05) is 0 Å². The summed E-state index contributed by atoms with van der Waals surface area (Å²) in [4.78, 5) is 21.8. The minimum absolute atomic E-state index is 0.227. The van der Waals surface area contributed by atoms with Crippen LogP contribution in [0.2, 0.25) is 0 Å². The van der Waals surface area contributed by atoms with E-state index >= 15 is 0 Å². The van der Waals surface area contributed by atoms with Crippen molar-refractivity contribution in [3.8, 4) is 0 Å². The van der Waals surface area contributed by atoms with Crippen molar-refractivity contribution < 1.29 is 0 Å². The van der Waals surface area contributed by atoms with Crippen LogP contribution in [0.15, 0.2) is 0 Å². The van der Waals surface area contributed by atoms with Crippen LogP contribution in [-0.4, -0.2) is 59.0 Å². The number of hydrogen-bond acceptors (Lipinski definition) is 8. The zero-order valence-electron chi connectivity index (χ0n) is 43.4. The molecule has 4 aliphatic rings. The number of unbranched alkanes of at least 4 members (excludes halogenated alkanes) is 5. The van der Waals surface area contributed by atoms with E-state index < -0.39 is 0 Å². The molecule has 1 aromatic heterocycles. The van der Waals surface area contributed by atoms with Gasteiger partial charge in [0.15, 0.2) is 0 Å². The second kappa shape index (κ2) is 19.0. The molecule has 3 N–H and O–H groups in total. The molecule has 0 saturated heterocycles. The molecule has 61 heavy (non-hydrogen) atoms. The Balaban J connectivity index is 1.58. The Morgan fingerprint density at radius 1 is 0.426 bits per heavy atom. The van der Waals surface area contributed by atoms with Crippen molar-refractivity contribution in [1.82, 2.24) is 25.6 Å². The maximum atomic E-state index is 5.71. The molecule has 0 amide bonds. The number of rotatable bonds is 18. The van der Waals surface area contributed by atoms with Gasteiger partial charge in [0.2, 0.25) is 17.8 Å². The number of aromatic nitrogens is 3. The highest BCUT2D eigenvalue weighted by Crippen LogP contribution is 2.51. The maximum absolute atomic E-state index is 5.71. The van der Waals surface area contributed by atoms with E-state index in [-0.39, 0.29) is 21.7 Å². The SMILES string of the molecule is CCCCCCCCNc1nc(N(CNC2CC(C)(C)CC(C)(C)C2)C2CC(C)(C)CC(C)(C)C2)nc(N(CNC2CC(C)(C)CC(C)(C)C2)C2CC(C)(C)CC(C)(C)C2)n1. The first kappa shape index (κ1) is 50.3. The quantitative estimate of drug-likeness (QED) is 0.0996. The van der Waals surface area contributed by atoms with Gasteiger partial charge in [-0.05, 0) is 127 Å². The number of nitrogens with zero attached hydrogens (tertiary/aromatic N) is 5. The number of hydrogen-bond donors (Lipinski definition) is 3. The third-order valence-electron chi connectivity index (χ3n) is 15.1. The van der Waals surface area contributed by atoms with E-state index in [0.717, 1.165) is 69.8 Å². The van der Waals surface area contributed by atoms with Gasteiger partial charge in [0.1, 0.15) is 0 Å². The topological polar surface area (TPSA) is 81.2 Å². The highest BCUT2D eigenvalue weighted by Gasteiger charge is 2.45. The lowest BCUT2D eigenvalue weighted by atomic mass is 9.63. The van der Waals surface area contributed by atoms with Crippen LogP contribution in [0.25, 0.3) is 0 Å². The lowest BCUT2D eigenvalue weighted by Gasteiger charge is -2.50. The Labute approximate surface area is 377 Å². The predicted octanol–water partition coefficient (Wildman–Crippen LogP) is 13.8. The Morgan fingerprint density at radius 3 is 1.08 bits per heavy atom. The smallest absolute Gasteiger partial charge is 0.233 e. The largest absolute Gasteiger partial charge is 0.354 e. The summed E-state index contributed by atoms with van der Waals surface area (Å²) in [5.74, 6) is 2.43. The second-order valence-corrected chi connectivity index (χ2v) is 28.0. The summed E-state index contributed by atoms with van der Waals surface area (Å²) < 4.78 is 0. The van der Waals surface area contributed by atoms with Crippen LogP contribution >= 0.6 is 0 Å². The summed E-state index contributed by atoms with van der Waals surface area (Å²) in [6.07, 6.45) is 21.9. The van der Waals surface area contributed by atoms with Gasteiger partial charge in [0, 0.05) is 30.7 Å². The highest BCUT2D eigenvalue weighted by molar-refractivity contribution is 5.47. The summed E-state index contributed by atoms with van der Waals surface area (Å²) in [5.41, 5.74) is 2.15. The molecular weight excluding hydrogens is 749 g/mol. The van der Waals surface area contributed by atoms with Gasteiger partial charge in [-0.2, -0.15) is 15.0 Å². The molecule has 1 heterocycles. The molecule has 0 bridgehead atoms. The standard InChI is InChI=1S/C53H100N8/c1-18-19-20-21-22-23-24-54-43-57-44(60(41-29-50(10,11)35-51(12,13)30-41)37-55-39-25-46(2,3)33-47(4,5)26-39)59-45(58-43)61(42-31-52(14,15)36-53(16,17)32-42)38-56-40-27-48(6,7)34-49(8,9)28-40/h39-42,55-56H,18-38H2,1-17H3,(H,54,57,58,59). The maximum Gasteiger partial charge on any atom is 0.233 e. The summed E-state index contributed by atoms with van der Waals surface area (Å²) >= 11 is 0. The van der Waals surface area contributed by atoms with Crippen molar-refractivity contribution in [2.24, 2.45) is 43.3 Å². The molecule has 1 aromatic rings. The molecule has 352 valence electrons. The molecule has 0 aliphatic heterocycles. The fourth-order valence-electron chi connectivity index (χ4n) is 15.0. The number of anilines is 3. The molecule has 4 aliphatic carbocycles. The van der Waals surface area contributed by atoms with Gasteiger partial charge in [0.25, 0.3) is 0 Å². The van der Waals surface area contributed by atoms with Gasteiger partial charge >= 0.3 is 0 Å². The van der Waals surface area contributed by atoms with E-state index in [0.29, 0.717) is 45.8 Å². The monoisotopic (exact) mass is 849 g/mol. The molecule has 4 fully saturated rings. The van der Waals surface area contributed by atoms with E-state index in [2.05, 4.69) is 143 Å². The molecule has 0 atom stereocenters. The lowest BCUT2D eigenvalue weighted by Crippen LogP contribution is -2.54. The van der Waals surface area contributed by atoms with Gasteiger partial charge in [-0.1, -0.05) is 150 Å². The average Bonchev–Trinajstić information content (AvgIpc) is 3.02. The molecule has 4 saturated carbocycles.